The first-order chi connectivity index (χ1) is 12.7. The van der Waals surface area contributed by atoms with E-state index in [4.69, 9.17) is 0 Å². The van der Waals surface area contributed by atoms with Gasteiger partial charge in [-0.1, -0.05) is 29.5 Å². The van der Waals surface area contributed by atoms with Gasteiger partial charge in [-0.05, 0) is 24.3 Å². The molecule has 9 heteroatoms. The lowest BCUT2D eigenvalue weighted by molar-refractivity contribution is 0.0642. The Bertz CT molecular complexity index is 1130. The highest BCUT2D eigenvalue weighted by molar-refractivity contribution is 7.16. The van der Waals surface area contributed by atoms with Crippen LogP contribution in [0.5, 0.6) is 0 Å². The van der Waals surface area contributed by atoms with Crippen molar-refractivity contribution in [2.75, 3.05) is 0 Å². The van der Waals surface area contributed by atoms with Crippen LogP contribution in [0.2, 0.25) is 0 Å². The lowest BCUT2D eigenvalue weighted by Gasteiger charge is -2.10. The number of rotatable bonds is 3. The summed E-state index contributed by atoms with van der Waals surface area (Å²) in [5.74, 6) is -0.0894. The van der Waals surface area contributed by atoms with E-state index < -0.39 is 0 Å². The van der Waals surface area contributed by atoms with E-state index in [0.717, 1.165) is 0 Å². The van der Waals surface area contributed by atoms with E-state index in [9.17, 15) is 9.59 Å². The molecular weight excluding hydrogens is 352 g/mol. The number of fused-ring (bicyclic) bond motifs is 2. The molecule has 0 radical (unpaired) electrons. The largest absolute Gasteiger partial charge is 0.269 e. The second-order valence-corrected chi connectivity index (χ2v) is 6.71. The van der Waals surface area contributed by atoms with Gasteiger partial charge in [0.25, 0.3) is 11.8 Å². The molecule has 8 nitrogen and oxygen atoms in total. The third-order valence-electron chi connectivity index (χ3n) is 4.10. The molecule has 4 aromatic rings. The van der Waals surface area contributed by atoms with Gasteiger partial charge in [0.05, 0.1) is 17.7 Å². The molecule has 0 atom stereocenters. The summed E-state index contributed by atoms with van der Waals surface area (Å²) >= 11 is 1.29. The average Bonchev–Trinajstić information content (AvgIpc) is 3.31. The van der Waals surface area contributed by atoms with Crippen molar-refractivity contribution in [3.05, 3.63) is 64.8 Å². The number of aromatic nitrogens is 5. The van der Waals surface area contributed by atoms with Crippen LogP contribution in [0.4, 0.5) is 0 Å². The molecule has 0 spiro atoms. The Balaban J connectivity index is 1.49. The standard InChI is InChI=1S/C17H10N6O2S/c24-15-10-5-1-2-6-11(10)16(25)22(15)9-13-21-23-14(19-20-17(23)26-13)12-7-3-4-8-18-12/h1-8H,9H2. The van der Waals surface area contributed by atoms with Gasteiger partial charge >= 0.3 is 0 Å². The van der Waals surface area contributed by atoms with Crippen molar-refractivity contribution in [1.82, 2.24) is 29.7 Å². The maximum absolute atomic E-state index is 12.5. The fourth-order valence-electron chi connectivity index (χ4n) is 2.89. The Morgan fingerprint density at radius 2 is 1.65 bits per heavy atom. The number of hydrogen-bond acceptors (Lipinski definition) is 7. The van der Waals surface area contributed by atoms with Gasteiger partial charge in [-0.25, -0.2) is 0 Å². The number of nitrogens with zero attached hydrogens (tertiary/aromatic N) is 6. The summed E-state index contributed by atoms with van der Waals surface area (Å²) in [4.78, 5) is 31.0. The minimum absolute atomic E-state index is 0.0992. The number of carbonyl (C=O) groups is 2. The molecule has 0 N–H and O–H groups in total. The van der Waals surface area contributed by atoms with Gasteiger partial charge in [-0.15, -0.1) is 10.2 Å². The molecule has 0 bridgehead atoms. The zero-order chi connectivity index (χ0) is 17.7. The van der Waals surface area contributed by atoms with Gasteiger partial charge in [-0.2, -0.15) is 9.61 Å². The van der Waals surface area contributed by atoms with Gasteiger partial charge in [0, 0.05) is 6.20 Å². The molecule has 126 valence electrons. The maximum Gasteiger partial charge on any atom is 0.261 e. The second-order valence-electron chi connectivity index (χ2n) is 5.67. The van der Waals surface area contributed by atoms with E-state index in [1.165, 1.54) is 16.2 Å². The SMILES string of the molecule is O=C1c2ccccc2C(=O)N1Cc1nn2c(-c3ccccn3)nnc2s1. The Labute approximate surface area is 150 Å². The Kier molecular flexibility index (Phi) is 3.16. The fourth-order valence-corrected chi connectivity index (χ4v) is 3.72. The lowest BCUT2D eigenvalue weighted by atomic mass is 10.1. The van der Waals surface area contributed by atoms with Crippen molar-refractivity contribution in [2.45, 2.75) is 6.54 Å². The van der Waals surface area contributed by atoms with Crippen LogP contribution in [0, 0.1) is 0 Å². The summed E-state index contributed by atoms with van der Waals surface area (Å²) in [6.07, 6.45) is 1.67. The lowest BCUT2D eigenvalue weighted by Crippen LogP contribution is -2.29. The summed E-state index contributed by atoms with van der Waals surface area (Å²) in [5, 5.41) is 13.3. The Morgan fingerprint density at radius 1 is 0.923 bits per heavy atom. The highest BCUT2D eigenvalue weighted by atomic mass is 32.1. The smallest absolute Gasteiger partial charge is 0.261 e. The van der Waals surface area contributed by atoms with Crippen LogP contribution in [0.3, 0.4) is 0 Å². The monoisotopic (exact) mass is 362 g/mol. The van der Waals surface area contributed by atoms with Crippen molar-refractivity contribution < 1.29 is 9.59 Å². The minimum atomic E-state index is -0.304. The minimum Gasteiger partial charge on any atom is -0.269 e. The highest BCUT2D eigenvalue weighted by Gasteiger charge is 2.35. The first-order valence-corrected chi connectivity index (χ1v) is 8.62. The van der Waals surface area contributed by atoms with Crippen LogP contribution >= 0.6 is 11.3 Å². The number of benzene rings is 1. The molecule has 1 aromatic carbocycles. The van der Waals surface area contributed by atoms with Crippen molar-refractivity contribution in [3.8, 4) is 11.5 Å². The topological polar surface area (TPSA) is 93.4 Å². The first-order valence-electron chi connectivity index (χ1n) is 7.80. The summed E-state index contributed by atoms with van der Waals surface area (Å²) in [6, 6.07) is 12.3. The Hall–Kier alpha value is -3.46. The van der Waals surface area contributed by atoms with Crippen LogP contribution in [-0.4, -0.2) is 41.5 Å². The predicted molar refractivity (Wildman–Crippen MR) is 92.5 cm³/mol. The molecule has 4 heterocycles. The van der Waals surface area contributed by atoms with Gasteiger partial charge in [-0.3, -0.25) is 19.5 Å². The van der Waals surface area contributed by atoms with Crippen LogP contribution in [0.1, 0.15) is 25.7 Å². The first kappa shape index (κ1) is 14.8. The summed E-state index contributed by atoms with van der Waals surface area (Å²) < 4.78 is 1.58. The van der Waals surface area contributed by atoms with E-state index in [1.54, 1.807) is 35.0 Å². The summed E-state index contributed by atoms with van der Waals surface area (Å²) in [5.41, 5.74) is 1.50. The molecule has 26 heavy (non-hydrogen) atoms. The number of hydrogen-bond donors (Lipinski definition) is 0. The molecule has 3 aromatic heterocycles. The van der Waals surface area contributed by atoms with E-state index in [-0.39, 0.29) is 18.4 Å². The van der Waals surface area contributed by atoms with Gasteiger partial charge in [0.1, 0.15) is 10.7 Å². The van der Waals surface area contributed by atoms with Gasteiger partial charge < -0.3 is 0 Å². The maximum atomic E-state index is 12.5. The van der Waals surface area contributed by atoms with Crippen LogP contribution in [-0.2, 0) is 6.54 Å². The van der Waals surface area contributed by atoms with Crippen molar-refractivity contribution >= 4 is 28.1 Å². The van der Waals surface area contributed by atoms with Gasteiger partial charge in [0.15, 0.2) is 0 Å². The van der Waals surface area contributed by atoms with Crippen molar-refractivity contribution in [2.24, 2.45) is 0 Å². The van der Waals surface area contributed by atoms with E-state index in [2.05, 4.69) is 20.3 Å². The molecule has 1 aliphatic rings. The highest BCUT2D eigenvalue weighted by Crippen LogP contribution is 2.26. The van der Waals surface area contributed by atoms with Crippen molar-refractivity contribution in [3.63, 3.8) is 0 Å². The van der Waals surface area contributed by atoms with E-state index in [0.29, 0.717) is 32.6 Å². The normalized spacial score (nSPS) is 13.6. The number of imide groups is 1. The van der Waals surface area contributed by atoms with Crippen LogP contribution in [0.15, 0.2) is 48.7 Å². The zero-order valence-corrected chi connectivity index (χ0v) is 14.1. The molecule has 5 rings (SSSR count). The fraction of sp³-hybridized carbons (Fsp3) is 0.0588. The van der Waals surface area contributed by atoms with Crippen molar-refractivity contribution in [1.29, 1.82) is 0 Å². The number of carbonyl (C=O) groups excluding carboxylic acids is 2. The zero-order valence-electron chi connectivity index (χ0n) is 13.2. The number of amides is 2. The quantitative estimate of drug-likeness (QED) is 0.518. The molecule has 0 fully saturated rings. The molecule has 0 aliphatic carbocycles. The third-order valence-corrected chi connectivity index (χ3v) is 4.98. The molecule has 0 saturated heterocycles. The predicted octanol–water partition coefficient (Wildman–Crippen LogP) is 2.04. The van der Waals surface area contributed by atoms with Gasteiger partial charge in [0.2, 0.25) is 10.8 Å². The third kappa shape index (κ3) is 2.14. The van der Waals surface area contributed by atoms with E-state index in [1.807, 2.05) is 18.2 Å². The summed E-state index contributed by atoms with van der Waals surface area (Å²) in [7, 11) is 0. The molecule has 1 aliphatic heterocycles. The van der Waals surface area contributed by atoms with Crippen LogP contribution in [0.25, 0.3) is 16.5 Å². The molecule has 2 amide bonds. The summed E-state index contributed by atoms with van der Waals surface area (Å²) in [6.45, 7) is 0.0992. The van der Waals surface area contributed by atoms with E-state index >= 15 is 0 Å². The van der Waals surface area contributed by atoms with Crippen LogP contribution < -0.4 is 0 Å². The molecule has 0 unspecified atom stereocenters. The number of pyridine rings is 1. The second kappa shape index (κ2) is 5.53. The molecule has 0 saturated carbocycles. The molecular formula is C17H10N6O2S. The Morgan fingerprint density at radius 3 is 2.35 bits per heavy atom. The average molecular weight is 362 g/mol.